The fourth-order valence-corrected chi connectivity index (χ4v) is 1.55. The molecule has 0 aromatic heterocycles. The Morgan fingerprint density at radius 1 is 1.26 bits per heavy atom. The number of hydrogen-bond donors (Lipinski definition) is 3. The molecule has 0 aliphatic heterocycles. The summed E-state index contributed by atoms with van der Waals surface area (Å²) in [6.45, 7) is 2.92. The molecule has 19 heavy (non-hydrogen) atoms. The first-order valence-corrected chi connectivity index (χ1v) is 6.52. The summed E-state index contributed by atoms with van der Waals surface area (Å²) in [5.41, 5.74) is 6.40. The molecule has 0 radical (unpaired) electrons. The molecule has 6 heteroatoms. The minimum absolute atomic E-state index is 0.0715. The maximum absolute atomic E-state index is 11.8. The Balaban J connectivity index is 2.39. The lowest BCUT2D eigenvalue weighted by Crippen LogP contribution is -2.31. The lowest BCUT2D eigenvalue weighted by atomic mass is 10.2. The van der Waals surface area contributed by atoms with E-state index in [1.54, 1.807) is 12.1 Å². The maximum Gasteiger partial charge on any atom is 0.251 e. The zero-order valence-corrected chi connectivity index (χ0v) is 11.6. The molecule has 0 aliphatic rings. The third-order valence-electron chi connectivity index (χ3n) is 2.47. The number of amides is 2. The minimum Gasteiger partial charge on any atom is -0.398 e. The third kappa shape index (κ3) is 5.18. The van der Waals surface area contributed by atoms with Crippen molar-refractivity contribution in [3.05, 3.63) is 28.8 Å². The highest BCUT2D eigenvalue weighted by atomic mass is 35.5. The number of nitrogens with one attached hydrogen (secondary N) is 2. The summed E-state index contributed by atoms with van der Waals surface area (Å²) in [6.07, 6.45) is 1.15. The van der Waals surface area contributed by atoms with Gasteiger partial charge in [-0.25, -0.2) is 0 Å². The van der Waals surface area contributed by atoms with Crippen molar-refractivity contribution in [2.45, 2.75) is 19.8 Å². The highest BCUT2D eigenvalue weighted by molar-refractivity contribution is 6.33. The Bertz CT molecular complexity index is 463. The molecule has 1 rings (SSSR count). The lowest BCUT2D eigenvalue weighted by molar-refractivity contribution is -0.120. The van der Waals surface area contributed by atoms with E-state index in [9.17, 15) is 9.59 Å². The van der Waals surface area contributed by atoms with Gasteiger partial charge < -0.3 is 16.4 Å². The van der Waals surface area contributed by atoms with E-state index in [1.165, 1.54) is 6.07 Å². The number of hydrogen-bond acceptors (Lipinski definition) is 3. The van der Waals surface area contributed by atoms with Crippen molar-refractivity contribution in [2.75, 3.05) is 18.8 Å². The van der Waals surface area contributed by atoms with Crippen molar-refractivity contribution in [1.29, 1.82) is 0 Å². The standard InChI is InChI=1S/C13H18ClN3O2/c1-2-6-16-12(18)5-7-17-13(19)9-3-4-10(14)11(15)8-9/h3-4,8H,2,5-7,15H2,1H3,(H,16,18)(H,17,19). The second kappa shape index (κ2) is 7.63. The van der Waals surface area contributed by atoms with Gasteiger partial charge in [0.15, 0.2) is 0 Å². The van der Waals surface area contributed by atoms with E-state index in [-0.39, 0.29) is 24.8 Å². The molecule has 0 heterocycles. The molecule has 1 aromatic rings. The molecule has 0 unspecified atom stereocenters. The summed E-state index contributed by atoms with van der Waals surface area (Å²) in [7, 11) is 0. The lowest BCUT2D eigenvalue weighted by Gasteiger charge is -2.07. The van der Waals surface area contributed by atoms with Gasteiger partial charge in [0.05, 0.1) is 10.7 Å². The van der Waals surface area contributed by atoms with Crippen LogP contribution in [0.4, 0.5) is 5.69 Å². The van der Waals surface area contributed by atoms with Gasteiger partial charge in [-0.3, -0.25) is 9.59 Å². The number of halogens is 1. The normalized spacial score (nSPS) is 10.0. The van der Waals surface area contributed by atoms with E-state index in [1.807, 2.05) is 6.92 Å². The van der Waals surface area contributed by atoms with Gasteiger partial charge in [0, 0.05) is 25.1 Å². The predicted molar refractivity (Wildman–Crippen MR) is 76.1 cm³/mol. The van der Waals surface area contributed by atoms with Crippen LogP contribution in [0.25, 0.3) is 0 Å². The molecule has 4 N–H and O–H groups in total. The SMILES string of the molecule is CCCNC(=O)CCNC(=O)c1ccc(Cl)c(N)c1. The number of nitrogens with two attached hydrogens (primary N) is 1. The smallest absolute Gasteiger partial charge is 0.251 e. The molecule has 0 saturated heterocycles. The van der Waals surface area contributed by atoms with Gasteiger partial charge in [-0.05, 0) is 24.6 Å². The van der Waals surface area contributed by atoms with Crippen molar-refractivity contribution >= 4 is 29.1 Å². The molecule has 0 saturated carbocycles. The van der Waals surface area contributed by atoms with Crippen LogP contribution in [-0.4, -0.2) is 24.9 Å². The highest BCUT2D eigenvalue weighted by Gasteiger charge is 2.08. The van der Waals surface area contributed by atoms with Crippen LogP contribution in [0.5, 0.6) is 0 Å². The molecule has 0 bridgehead atoms. The van der Waals surface area contributed by atoms with Gasteiger partial charge in [-0.1, -0.05) is 18.5 Å². The largest absolute Gasteiger partial charge is 0.398 e. The first-order valence-electron chi connectivity index (χ1n) is 6.14. The summed E-state index contributed by atoms with van der Waals surface area (Å²) in [5, 5.41) is 5.80. The Labute approximate surface area is 117 Å². The van der Waals surface area contributed by atoms with Gasteiger partial charge in [0.2, 0.25) is 5.91 Å². The van der Waals surface area contributed by atoms with Gasteiger partial charge >= 0.3 is 0 Å². The van der Waals surface area contributed by atoms with Crippen molar-refractivity contribution in [1.82, 2.24) is 10.6 Å². The molecular weight excluding hydrogens is 266 g/mol. The second-order valence-corrected chi connectivity index (χ2v) is 4.50. The van der Waals surface area contributed by atoms with E-state index in [0.717, 1.165) is 6.42 Å². The summed E-state index contributed by atoms with van der Waals surface area (Å²) in [5.74, 6) is -0.343. The van der Waals surface area contributed by atoms with Crippen molar-refractivity contribution in [3.63, 3.8) is 0 Å². The zero-order chi connectivity index (χ0) is 14.3. The number of carbonyl (C=O) groups is 2. The molecule has 0 fully saturated rings. The zero-order valence-electron chi connectivity index (χ0n) is 10.8. The fourth-order valence-electron chi connectivity index (χ4n) is 1.43. The highest BCUT2D eigenvalue weighted by Crippen LogP contribution is 2.19. The number of anilines is 1. The van der Waals surface area contributed by atoms with Gasteiger partial charge in [0.25, 0.3) is 5.91 Å². The third-order valence-corrected chi connectivity index (χ3v) is 2.81. The van der Waals surface area contributed by atoms with Gasteiger partial charge in [-0.2, -0.15) is 0 Å². The van der Waals surface area contributed by atoms with Crippen LogP contribution in [0.3, 0.4) is 0 Å². The molecule has 0 spiro atoms. The van der Waals surface area contributed by atoms with Crippen LogP contribution >= 0.6 is 11.6 Å². The average Bonchev–Trinajstić information content (AvgIpc) is 2.39. The number of nitrogen functional groups attached to an aromatic ring is 1. The quantitative estimate of drug-likeness (QED) is 0.693. The van der Waals surface area contributed by atoms with Crippen molar-refractivity contribution < 1.29 is 9.59 Å². The maximum atomic E-state index is 11.8. The summed E-state index contributed by atoms with van der Waals surface area (Å²) < 4.78 is 0. The van der Waals surface area contributed by atoms with Crippen molar-refractivity contribution in [3.8, 4) is 0 Å². The van der Waals surface area contributed by atoms with E-state index in [4.69, 9.17) is 17.3 Å². The topological polar surface area (TPSA) is 84.2 Å². The Morgan fingerprint density at radius 2 is 2.00 bits per heavy atom. The summed E-state index contributed by atoms with van der Waals surface area (Å²) in [6, 6.07) is 4.67. The van der Waals surface area contributed by atoms with Crippen LogP contribution in [-0.2, 0) is 4.79 Å². The second-order valence-electron chi connectivity index (χ2n) is 4.09. The van der Waals surface area contributed by atoms with Crippen LogP contribution in [0.15, 0.2) is 18.2 Å². The number of rotatable bonds is 6. The Hall–Kier alpha value is -1.75. The first kappa shape index (κ1) is 15.3. The fraction of sp³-hybridized carbons (Fsp3) is 0.385. The van der Waals surface area contributed by atoms with Crippen molar-refractivity contribution in [2.24, 2.45) is 0 Å². The molecular formula is C13H18ClN3O2. The monoisotopic (exact) mass is 283 g/mol. The summed E-state index contributed by atoms with van der Waals surface area (Å²) in [4.78, 5) is 23.1. The number of benzene rings is 1. The molecule has 2 amide bonds. The minimum atomic E-state index is -0.272. The Morgan fingerprint density at radius 3 is 2.63 bits per heavy atom. The molecule has 1 aromatic carbocycles. The average molecular weight is 284 g/mol. The predicted octanol–water partition coefficient (Wildman–Crippen LogP) is 1.57. The van der Waals surface area contributed by atoms with Crippen LogP contribution in [0.2, 0.25) is 5.02 Å². The number of carbonyl (C=O) groups excluding carboxylic acids is 2. The van der Waals surface area contributed by atoms with E-state index >= 15 is 0 Å². The van der Waals surface area contributed by atoms with Crippen LogP contribution in [0, 0.1) is 0 Å². The molecule has 5 nitrogen and oxygen atoms in total. The van der Waals surface area contributed by atoms with Crippen LogP contribution < -0.4 is 16.4 Å². The Kier molecular flexibility index (Phi) is 6.15. The molecule has 104 valence electrons. The molecule has 0 atom stereocenters. The van der Waals surface area contributed by atoms with E-state index in [0.29, 0.717) is 22.8 Å². The summed E-state index contributed by atoms with van der Waals surface area (Å²) >= 11 is 5.77. The van der Waals surface area contributed by atoms with Crippen LogP contribution in [0.1, 0.15) is 30.1 Å². The van der Waals surface area contributed by atoms with Gasteiger partial charge in [0.1, 0.15) is 0 Å². The van der Waals surface area contributed by atoms with E-state index < -0.39 is 0 Å². The van der Waals surface area contributed by atoms with Gasteiger partial charge in [-0.15, -0.1) is 0 Å². The first-order chi connectivity index (χ1) is 9.04. The molecule has 0 aliphatic carbocycles. The van der Waals surface area contributed by atoms with E-state index in [2.05, 4.69) is 10.6 Å².